The number of hydrogen-bond acceptors (Lipinski definition) is 1. The first-order chi connectivity index (χ1) is 3.68. The average Bonchev–Trinajstić information content (AvgIpc) is 1.67. The van der Waals surface area contributed by atoms with Crippen LogP contribution < -0.4 is 0 Å². The largest absolute Gasteiger partial charge is 2.00 e. The summed E-state index contributed by atoms with van der Waals surface area (Å²) in [5, 5.41) is 0. The van der Waals surface area contributed by atoms with Gasteiger partial charge in [0.25, 0.3) is 0 Å². The third-order valence-corrected chi connectivity index (χ3v) is 5.53. The van der Waals surface area contributed by atoms with Crippen LogP contribution in [0.25, 0.3) is 0 Å². The van der Waals surface area contributed by atoms with E-state index in [1.54, 1.807) is 0 Å². The van der Waals surface area contributed by atoms with Crippen LogP contribution in [-0.2, 0) is 4.74 Å². The SMILES string of the molecule is CCOC(Br)[SiH](C)C.[H-].[H-].[Mg+2]. The van der Waals surface area contributed by atoms with Crippen molar-refractivity contribution in [3.63, 3.8) is 0 Å². The molecule has 1 nitrogen and oxygen atoms in total. The second kappa shape index (κ2) is 7.53. The summed E-state index contributed by atoms with van der Waals surface area (Å²) < 4.78 is 5.65. The van der Waals surface area contributed by atoms with Crippen molar-refractivity contribution >= 4 is 47.8 Å². The number of ether oxygens (including phenoxy) is 1. The Labute approximate surface area is 86.4 Å². The van der Waals surface area contributed by atoms with E-state index in [0.29, 0.717) is 4.64 Å². The summed E-state index contributed by atoms with van der Waals surface area (Å²) in [6.45, 7) is 7.36. The van der Waals surface area contributed by atoms with Crippen LogP contribution in [0.4, 0.5) is 0 Å². The van der Waals surface area contributed by atoms with E-state index in [0.717, 1.165) is 6.61 Å². The molecule has 0 amide bonds. The summed E-state index contributed by atoms with van der Waals surface area (Å²) in [5.41, 5.74) is 0. The van der Waals surface area contributed by atoms with Crippen LogP contribution in [0.3, 0.4) is 0 Å². The van der Waals surface area contributed by atoms with E-state index in [1.165, 1.54) is 0 Å². The Balaban J connectivity index is -0.0000000817. The summed E-state index contributed by atoms with van der Waals surface area (Å²) in [6, 6.07) is 0. The third-order valence-electron chi connectivity index (χ3n) is 0.850. The van der Waals surface area contributed by atoms with E-state index in [1.807, 2.05) is 6.92 Å². The fourth-order valence-corrected chi connectivity index (χ4v) is 1.19. The predicted octanol–water partition coefficient (Wildman–Crippen LogP) is 1.61. The van der Waals surface area contributed by atoms with Gasteiger partial charge in [-0.15, -0.1) is 0 Å². The van der Waals surface area contributed by atoms with Crippen molar-refractivity contribution in [1.29, 1.82) is 0 Å². The average molecular weight is 223 g/mol. The molecule has 0 rings (SSSR count). The monoisotopic (exact) mass is 222 g/mol. The quantitative estimate of drug-likeness (QED) is 0.522. The summed E-state index contributed by atoms with van der Waals surface area (Å²) in [6.07, 6.45) is 0. The van der Waals surface area contributed by atoms with E-state index in [-0.39, 0.29) is 25.9 Å². The Kier molecular flexibility index (Phi) is 10.9. The van der Waals surface area contributed by atoms with E-state index in [2.05, 4.69) is 29.0 Å². The van der Waals surface area contributed by atoms with E-state index >= 15 is 0 Å². The predicted molar refractivity (Wildman–Crippen MR) is 51.2 cm³/mol. The van der Waals surface area contributed by atoms with Crippen LogP contribution in [0, 0.1) is 0 Å². The summed E-state index contributed by atoms with van der Waals surface area (Å²) in [7, 11) is -0.588. The van der Waals surface area contributed by atoms with Crippen molar-refractivity contribution in [3.05, 3.63) is 0 Å². The Hall–Kier alpha value is 1.42. The smallest absolute Gasteiger partial charge is 1.00 e. The molecule has 0 heterocycles. The van der Waals surface area contributed by atoms with E-state index < -0.39 is 8.80 Å². The van der Waals surface area contributed by atoms with Crippen LogP contribution in [-0.4, -0.2) is 43.1 Å². The first-order valence-corrected chi connectivity index (χ1v) is 6.83. The van der Waals surface area contributed by atoms with Gasteiger partial charge >= 0.3 is 23.1 Å². The van der Waals surface area contributed by atoms with Gasteiger partial charge in [0, 0.05) is 6.61 Å². The topological polar surface area (TPSA) is 9.23 Å². The van der Waals surface area contributed by atoms with Gasteiger partial charge < -0.3 is 7.59 Å². The number of rotatable bonds is 3. The van der Waals surface area contributed by atoms with Crippen LogP contribution in [0.5, 0.6) is 0 Å². The molecule has 9 heavy (non-hydrogen) atoms. The maximum Gasteiger partial charge on any atom is 2.00 e. The van der Waals surface area contributed by atoms with Crippen LogP contribution in [0.1, 0.15) is 9.78 Å². The van der Waals surface area contributed by atoms with Gasteiger partial charge in [-0.05, 0) is 6.92 Å². The Morgan fingerprint density at radius 1 is 1.67 bits per heavy atom. The molecule has 0 aromatic rings. The second-order valence-corrected chi connectivity index (χ2v) is 7.02. The molecule has 0 N–H and O–H groups in total. The molecule has 0 aliphatic heterocycles. The van der Waals surface area contributed by atoms with Crippen molar-refractivity contribution in [1.82, 2.24) is 0 Å². The second-order valence-electron chi connectivity index (χ2n) is 2.05. The molecule has 0 radical (unpaired) electrons. The minimum absolute atomic E-state index is 0. The van der Waals surface area contributed by atoms with E-state index in [9.17, 15) is 0 Å². The summed E-state index contributed by atoms with van der Waals surface area (Å²) >= 11 is 3.44. The Morgan fingerprint density at radius 2 is 2.11 bits per heavy atom. The Bertz CT molecular complexity index is 70.4. The van der Waals surface area contributed by atoms with Crippen molar-refractivity contribution in [3.8, 4) is 0 Å². The molecule has 0 spiro atoms. The van der Waals surface area contributed by atoms with Crippen molar-refractivity contribution in [2.75, 3.05) is 6.61 Å². The van der Waals surface area contributed by atoms with Crippen LogP contribution >= 0.6 is 15.9 Å². The molecule has 0 aliphatic carbocycles. The molecule has 0 fully saturated rings. The first kappa shape index (κ1) is 13.0. The van der Waals surface area contributed by atoms with Crippen molar-refractivity contribution in [2.24, 2.45) is 0 Å². The molecule has 0 saturated carbocycles. The van der Waals surface area contributed by atoms with Crippen LogP contribution in [0.2, 0.25) is 13.1 Å². The van der Waals surface area contributed by atoms with Gasteiger partial charge in [0.1, 0.15) is 0 Å². The number of alkyl halides is 1. The molecule has 0 bridgehead atoms. The maximum absolute atomic E-state index is 5.28. The number of hydrogen-bond donors (Lipinski definition) is 0. The van der Waals surface area contributed by atoms with Crippen LogP contribution in [0.15, 0.2) is 0 Å². The van der Waals surface area contributed by atoms with Gasteiger partial charge in [-0.3, -0.25) is 0 Å². The molecule has 1 atom stereocenters. The molecule has 54 valence electrons. The third kappa shape index (κ3) is 7.32. The van der Waals surface area contributed by atoms with Gasteiger partial charge in [0.15, 0.2) is 0 Å². The van der Waals surface area contributed by atoms with Crippen molar-refractivity contribution < 1.29 is 7.59 Å². The zero-order chi connectivity index (χ0) is 6.57. The molecule has 0 saturated heterocycles. The first-order valence-electron chi connectivity index (χ1n) is 2.94. The Morgan fingerprint density at radius 3 is 2.22 bits per heavy atom. The van der Waals surface area contributed by atoms with Gasteiger partial charge in [0.2, 0.25) is 0 Å². The fraction of sp³-hybridized carbons (Fsp3) is 1.00. The van der Waals surface area contributed by atoms with Gasteiger partial charge in [-0.2, -0.15) is 0 Å². The minimum Gasteiger partial charge on any atom is -1.00 e. The summed E-state index contributed by atoms with van der Waals surface area (Å²) in [5.74, 6) is 0. The normalized spacial score (nSPS) is 13.0. The zero-order valence-corrected chi connectivity index (χ0v) is 10.5. The molecule has 1 unspecified atom stereocenters. The molecule has 0 aromatic heterocycles. The molecule has 0 aromatic carbocycles. The maximum atomic E-state index is 5.28. The molecular formula is C5H15BrMgOSi. The van der Waals surface area contributed by atoms with Gasteiger partial charge in [0.05, 0.1) is 13.4 Å². The van der Waals surface area contributed by atoms with Crippen molar-refractivity contribution in [2.45, 2.75) is 24.7 Å². The zero-order valence-electron chi connectivity index (χ0n) is 8.36. The standard InChI is InChI=1S/C5H13BrOSi.Mg.2H/c1-4-7-5(6)8(2)3;;;/h5,8H,4H2,1-3H3;;;/q;+2;2*-1. The van der Waals surface area contributed by atoms with Gasteiger partial charge in [-0.1, -0.05) is 29.0 Å². The molecule has 0 aliphatic rings. The molecule has 4 heteroatoms. The number of halogens is 1. The fourth-order valence-electron chi connectivity index (χ4n) is 0.352. The van der Waals surface area contributed by atoms with E-state index in [4.69, 9.17) is 4.74 Å². The van der Waals surface area contributed by atoms with Gasteiger partial charge in [-0.25, -0.2) is 0 Å². The molecular weight excluding hydrogens is 208 g/mol. The summed E-state index contributed by atoms with van der Waals surface area (Å²) in [4.78, 5) is 0. The minimum atomic E-state index is -0.588.